The Morgan fingerprint density at radius 3 is 2.59 bits per heavy atom. The van der Waals surface area contributed by atoms with Gasteiger partial charge in [-0.2, -0.15) is 5.10 Å². The lowest BCUT2D eigenvalue weighted by molar-refractivity contribution is 0.626. The van der Waals surface area contributed by atoms with Crippen LogP contribution in [0.5, 0.6) is 0 Å². The first kappa shape index (κ1) is 11.0. The highest BCUT2D eigenvalue weighted by Gasteiger charge is 2.30. The van der Waals surface area contributed by atoms with Crippen molar-refractivity contribution in [3.63, 3.8) is 0 Å². The molecule has 1 aliphatic rings. The van der Waals surface area contributed by atoms with Crippen molar-refractivity contribution in [1.29, 1.82) is 0 Å². The number of hydrogen-bond acceptors (Lipinski definition) is 1. The van der Waals surface area contributed by atoms with Crippen molar-refractivity contribution in [2.75, 3.05) is 0 Å². The van der Waals surface area contributed by atoms with Crippen molar-refractivity contribution in [3.05, 3.63) is 47.5 Å². The minimum absolute atomic E-state index is 0.213. The summed E-state index contributed by atoms with van der Waals surface area (Å²) in [6, 6.07) is 6.49. The highest BCUT2D eigenvalue weighted by Crippen LogP contribution is 2.42. The van der Waals surface area contributed by atoms with Crippen molar-refractivity contribution in [2.24, 2.45) is 0 Å². The van der Waals surface area contributed by atoms with E-state index in [1.54, 1.807) is 12.1 Å². The highest BCUT2D eigenvalue weighted by molar-refractivity contribution is 9.08. The number of benzene rings is 1. The van der Waals surface area contributed by atoms with Gasteiger partial charge in [0.25, 0.3) is 0 Å². The first-order valence-electron chi connectivity index (χ1n) is 5.68. The number of halogens is 2. The molecule has 1 aliphatic carbocycles. The van der Waals surface area contributed by atoms with E-state index in [-0.39, 0.29) is 5.82 Å². The van der Waals surface area contributed by atoms with E-state index in [4.69, 9.17) is 0 Å². The Labute approximate surface area is 108 Å². The quantitative estimate of drug-likeness (QED) is 0.788. The van der Waals surface area contributed by atoms with Gasteiger partial charge in [-0.05, 0) is 37.1 Å². The molecule has 0 atom stereocenters. The van der Waals surface area contributed by atoms with Crippen LogP contribution in [0, 0.1) is 5.82 Å². The number of nitrogens with zero attached hydrogens (tertiary/aromatic N) is 2. The Morgan fingerprint density at radius 2 is 2.00 bits per heavy atom. The smallest absolute Gasteiger partial charge is 0.123 e. The minimum atomic E-state index is -0.213. The maximum atomic E-state index is 12.9. The molecule has 4 heteroatoms. The van der Waals surface area contributed by atoms with Gasteiger partial charge in [-0.3, -0.25) is 0 Å². The molecule has 3 rings (SSSR count). The van der Waals surface area contributed by atoms with E-state index < -0.39 is 0 Å². The third-order valence-electron chi connectivity index (χ3n) is 3.07. The predicted octanol–water partition coefficient (Wildman–Crippen LogP) is 3.78. The molecule has 0 amide bonds. The van der Waals surface area contributed by atoms with Gasteiger partial charge in [0.15, 0.2) is 0 Å². The highest BCUT2D eigenvalue weighted by atomic mass is 79.9. The molecule has 1 aromatic carbocycles. The average molecular weight is 295 g/mol. The van der Waals surface area contributed by atoms with Crippen molar-refractivity contribution >= 4 is 15.9 Å². The van der Waals surface area contributed by atoms with Gasteiger partial charge in [-0.1, -0.05) is 15.9 Å². The molecular weight excluding hydrogens is 283 g/mol. The fraction of sp³-hybridized carbons (Fsp3) is 0.308. The Balaban J connectivity index is 2.07. The van der Waals surface area contributed by atoms with Crippen LogP contribution in [0.3, 0.4) is 0 Å². The molecule has 17 heavy (non-hydrogen) atoms. The van der Waals surface area contributed by atoms with Crippen molar-refractivity contribution in [3.8, 4) is 5.69 Å². The van der Waals surface area contributed by atoms with Gasteiger partial charge in [-0.15, -0.1) is 0 Å². The Morgan fingerprint density at radius 1 is 1.29 bits per heavy atom. The Bertz CT molecular complexity index is 529. The lowest BCUT2D eigenvalue weighted by atomic mass is 10.2. The van der Waals surface area contributed by atoms with Crippen molar-refractivity contribution < 1.29 is 4.39 Å². The molecule has 2 aromatic rings. The molecule has 1 saturated carbocycles. The molecule has 0 aliphatic heterocycles. The zero-order valence-corrected chi connectivity index (χ0v) is 10.8. The molecule has 0 N–H and O–H groups in total. The SMILES string of the molecule is Fc1ccc(-n2ncc(CBr)c2C2CC2)cc1. The van der Waals surface area contributed by atoms with Crippen molar-refractivity contribution in [1.82, 2.24) is 9.78 Å². The van der Waals surface area contributed by atoms with E-state index in [1.165, 1.54) is 36.2 Å². The predicted molar refractivity (Wildman–Crippen MR) is 68.1 cm³/mol. The summed E-state index contributed by atoms with van der Waals surface area (Å²) < 4.78 is 14.8. The fourth-order valence-corrected chi connectivity index (χ4v) is 2.51. The number of alkyl halides is 1. The van der Waals surface area contributed by atoms with Gasteiger partial charge in [0, 0.05) is 16.8 Å². The van der Waals surface area contributed by atoms with Crippen LogP contribution in [0.15, 0.2) is 30.5 Å². The molecule has 0 radical (unpaired) electrons. The van der Waals surface area contributed by atoms with Crippen LogP contribution in [-0.2, 0) is 5.33 Å². The van der Waals surface area contributed by atoms with Crippen LogP contribution < -0.4 is 0 Å². The third-order valence-corrected chi connectivity index (χ3v) is 3.67. The Hall–Kier alpha value is -1.16. The zero-order valence-electron chi connectivity index (χ0n) is 9.24. The van der Waals surface area contributed by atoms with E-state index in [1.807, 2.05) is 10.9 Å². The topological polar surface area (TPSA) is 17.8 Å². The molecule has 0 bridgehead atoms. The zero-order chi connectivity index (χ0) is 11.8. The van der Waals surface area contributed by atoms with Gasteiger partial charge < -0.3 is 0 Å². The normalized spacial score (nSPS) is 15.2. The van der Waals surface area contributed by atoms with Crippen molar-refractivity contribution in [2.45, 2.75) is 24.1 Å². The summed E-state index contributed by atoms with van der Waals surface area (Å²) in [4.78, 5) is 0. The summed E-state index contributed by atoms with van der Waals surface area (Å²) in [6.07, 6.45) is 4.35. The maximum Gasteiger partial charge on any atom is 0.123 e. The minimum Gasteiger partial charge on any atom is -0.237 e. The van der Waals surface area contributed by atoms with Crippen LogP contribution in [0.4, 0.5) is 4.39 Å². The van der Waals surface area contributed by atoms with Crippen LogP contribution >= 0.6 is 15.9 Å². The maximum absolute atomic E-state index is 12.9. The summed E-state index contributed by atoms with van der Waals surface area (Å²) in [5, 5.41) is 5.23. The molecule has 0 spiro atoms. The molecule has 1 fully saturated rings. The molecule has 2 nitrogen and oxygen atoms in total. The first-order chi connectivity index (χ1) is 8.29. The second-order valence-electron chi connectivity index (χ2n) is 4.35. The lowest BCUT2D eigenvalue weighted by Gasteiger charge is -2.07. The number of aromatic nitrogens is 2. The van der Waals surface area contributed by atoms with Crippen LogP contribution in [0.2, 0.25) is 0 Å². The van der Waals surface area contributed by atoms with E-state index in [2.05, 4.69) is 21.0 Å². The second kappa shape index (κ2) is 4.26. The summed E-state index contributed by atoms with van der Waals surface area (Å²) in [5.74, 6) is 0.407. The first-order valence-corrected chi connectivity index (χ1v) is 6.80. The average Bonchev–Trinajstić information content (AvgIpc) is 3.10. The van der Waals surface area contributed by atoms with Gasteiger partial charge in [-0.25, -0.2) is 9.07 Å². The summed E-state index contributed by atoms with van der Waals surface area (Å²) in [6.45, 7) is 0. The van der Waals surface area contributed by atoms with E-state index in [0.717, 1.165) is 11.0 Å². The molecule has 1 aromatic heterocycles. The standard InChI is InChI=1S/C13H12BrFN2/c14-7-10-8-16-17(13(10)9-1-2-9)12-5-3-11(15)4-6-12/h3-6,8-9H,1-2,7H2. The third kappa shape index (κ3) is 2.02. The fourth-order valence-electron chi connectivity index (χ4n) is 2.07. The van der Waals surface area contributed by atoms with Gasteiger partial charge in [0.2, 0.25) is 0 Å². The van der Waals surface area contributed by atoms with E-state index in [9.17, 15) is 4.39 Å². The molecular formula is C13H12BrFN2. The monoisotopic (exact) mass is 294 g/mol. The largest absolute Gasteiger partial charge is 0.237 e. The van der Waals surface area contributed by atoms with E-state index in [0.29, 0.717) is 5.92 Å². The number of hydrogen-bond donors (Lipinski definition) is 0. The van der Waals surface area contributed by atoms with Gasteiger partial charge >= 0.3 is 0 Å². The lowest BCUT2D eigenvalue weighted by Crippen LogP contribution is -2.02. The number of rotatable bonds is 3. The second-order valence-corrected chi connectivity index (χ2v) is 4.91. The van der Waals surface area contributed by atoms with Gasteiger partial charge in [0.1, 0.15) is 5.82 Å². The molecule has 1 heterocycles. The van der Waals surface area contributed by atoms with E-state index >= 15 is 0 Å². The molecule has 0 unspecified atom stereocenters. The van der Waals surface area contributed by atoms with Crippen LogP contribution in [-0.4, -0.2) is 9.78 Å². The van der Waals surface area contributed by atoms with Gasteiger partial charge in [0.05, 0.1) is 17.6 Å². The summed E-state index contributed by atoms with van der Waals surface area (Å²) in [5.41, 5.74) is 3.44. The summed E-state index contributed by atoms with van der Waals surface area (Å²) in [7, 11) is 0. The summed E-state index contributed by atoms with van der Waals surface area (Å²) >= 11 is 3.49. The van der Waals surface area contributed by atoms with Crippen LogP contribution in [0.1, 0.15) is 30.0 Å². The molecule has 88 valence electrons. The Kier molecular flexibility index (Phi) is 2.74. The molecule has 0 saturated heterocycles. The van der Waals surface area contributed by atoms with Crippen LogP contribution in [0.25, 0.3) is 5.69 Å².